The van der Waals surface area contributed by atoms with Crippen molar-refractivity contribution in [3.63, 3.8) is 0 Å². The normalized spacial score (nSPS) is 11.8. The highest BCUT2D eigenvalue weighted by molar-refractivity contribution is 7.90. The number of hydrogen-bond donors (Lipinski definition) is 1. The molecule has 4 aromatic rings. The van der Waals surface area contributed by atoms with E-state index >= 15 is 0 Å². The molecule has 0 aliphatic carbocycles. The van der Waals surface area contributed by atoms with Gasteiger partial charge in [0, 0.05) is 25.1 Å². The number of anilines is 2. The highest BCUT2D eigenvalue weighted by atomic mass is 32.2. The van der Waals surface area contributed by atoms with Crippen LogP contribution in [0.2, 0.25) is 0 Å². The van der Waals surface area contributed by atoms with Crippen LogP contribution in [0.5, 0.6) is 0 Å². The second-order valence-electron chi connectivity index (χ2n) is 5.94. The molecule has 3 heterocycles. The number of sulfone groups is 1. The molecule has 9 heteroatoms. The van der Waals surface area contributed by atoms with Crippen molar-refractivity contribution in [3.05, 3.63) is 54.9 Å². The van der Waals surface area contributed by atoms with E-state index in [1.807, 2.05) is 31.4 Å². The number of nitrogens with zero attached hydrogens (tertiary/aromatic N) is 5. The molecule has 0 saturated heterocycles. The predicted octanol–water partition coefficient (Wildman–Crippen LogP) is 2.28. The molecule has 132 valence electrons. The second-order valence-corrected chi connectivity index (χ2v) is 7.96. The fourth-order valence-electron chi connectivity index (χ4n) is 2.66. The van der Waals surface area contributed by atoms with E-state index in [-0.39, 0.29) is 4.90 Å². The quantitative estimate of drug-likeness (QED) is 0.594. The van der Waals surface area contributed by atoms with Gasteiger partial charge in [0.15, 0.2) is 15.5 Å². The summed E-state index contributed by atoms with van der Waals surface area (Å²) in [6.45, 7) is 0. The Bertz CT molecular complexity index is 1190. The van der Waals surface area contributed by atoms with Gasteiger partial charge in [0.2, 0.25) is 5.95 Å². The molecule has 0 fully saturated rings. The van der Waals surface area contributed by atoms with Gasteiger partial charge in [0.25, 0.3) is 0 Å². The summed E-state index contributed by atoms with van der Waals surface area (Å²) in [6, 6.07) is 12.4. The molecule has 0 saturated carbocycles. The molecule has 1 N–H and O–H groups in total. The summed E-state index contributed by atoms with van der Waals surface area (Å²) < 4.78 is 26.7. The largest absolute Gasteiger partial charge is 0.320 e. The van der Waals surface area contributed by atoms with E-state index in [4.69, 9.17) is 0 Å². The number of aromatic nitrogens is 5. The fourth-order valence-corrected chi connectivity index (χ4v) is 3.29. The topological polar surface area (TPSA) is 94.2 Å². The number of aryl methyl sites for hydroxylation is 1. The van der Waals surface area contributed by atoms with E-state index in [0.29, 0.717) is 11.6 Å². The third kappa shape index (κ3) is 3.04. The molecule has 0 atom stereocenters. The zero-order valence-electron chi connectivity index (χ0n) is 14.2. The molecule has 1 aromatic carbocycles. The molecule has 0 aliphatic heterocycles. The van der Waals surface area contributed by atoms with Crippen LogP contribution in [0.25, 0.3) is 16.9 Å². The van der Waals surface area contributed by atoms with Crippen molar-refractivity contribution in [2.45, 2.75) is 4.90 Å². The Hall–Kier alpha value is -3.20. The minimum absolute atomic E-state index is 0.283. The SMILES string of the molecule is Cn1cc(Nc2nc3cccc(-c4ccc(S(C)(=O)=O)cc4)n3n2)cn1. The van der Waals surface area contributed by atoms with Crippen molar-refractivity contribution in [2.24, 2.45) is 7.05 Å². The molecule has 8 nitrogen and oxygen atoms in total. The standard InChI is InChI=1S/C17H16N6O2S/c1-22-11-13(10-18-22)19-17-20-16-5-3-4-15(23(16)21-17)12-6-8-14(9-7-12)26(2,24)25/h3-11H,1-2H3,(H,19,21). The molecular formula is C17H16N6O2S. The van der Waals surface area contributed by atoms with Gasteiger partial charge in [-0.15, -0.1) is 5.10 Å². The Labute approximate surface area is 150 Å². The van der Waals surface area contributed by atoms with Gasteiger partial charge >= 0.3 is 0 Å². The zero-order chi connectivity index (χ0) is 18.3. The molecule has 0 amide bonds. The molecule has 4 rings (SSSR count). The molecular weight excluding hydrogens is 352 g/mol. The van der Waals surface area contributed by atoms with Crippen molar-refractivity contribution >= 4 is 27.1 Å². The van der Waals surface area contributed by atoms with Crippen molar-refractivity contribution in [3.8, 4) is 11.3 Å². The first-order valence-electron chi connectivity index (χ1n) is 7.82. The molecule has 26 heavy (non-hydrogen) atoms. The monoisotopic (exact) mass is 368 g/mol. The number of hydrogen-bond acceptors (Lipinski definition) is 6. The van der Waals surface area contributed by atoms with E-state index in [9.17, 15) is 8.42 Å². The lowest BCUT2D eigenvalue weighted by molar-refractivity contribution is 0.602. The Morgan fingerprint density at radius 3 is 2.50 bits per heavy atom. The third-order valence-electron chi connectivity index (χ3n) is 3.90. The average molecular weight is 368 g/mol. The van der Waals surface area contributed by atoms with E-state index in [1.165, 1.54) is 6.26 Å². The summed E-state index contributed by atoms with van der Waals surface area (Å²) >= 11 is 0. The number of rotatable bonds is 4. The van der Waals surface area contributed by atoms with Crippen molar-refractivity contribution in [1.29, 1.82) is 0 Å². The Morgan fingerprint density at radius 1 is 1.08 bits per heavy atom. The van der Waals surface area contributed by atoms with E-state index in [0.717, 1.165) is 16.9 Å². The van der Waals surface area contributed by atoms with Crippen LogP contribution in [0, 0.1) is 0 Å². The Kier molecular flexibility index (Phi) is 3.73. The average Bonchev–Trinajstić information content (AvgIpc) is 3.19. The van der Waals surface area contributed by atoms with Gasteiger partial charge in [0.1, 0.15) is 0 Å². The third-order valence-corrected chi connectivity index (χ3v) is 5.03. The maximum atomic E-state index is 11.6. The first kappa shape index (κ1) is 16.3. The van der Waals surface area contributed by atoms with Crippen LogP contribution in [0.4, 0.5) is 11.6 Å². The highest BCUT2D eigenvalue weighted by Crippen LogP contribution is 2.23. The van der Waals surface area contributed by atoms with Gasteiger partial charge < -0.3 is 5.32 Å². The maximum absolute atomic E-state index is 11.6. The van der Waals surface area contributed by atoms with Crippen LogP contribution in [0.15, 0.2) is 59.8 Å². The van der Waals surface area contributed by atoms with Crippen molar-refractivity contribution in [2.75, 3.05) is 11.6 Å². The van der Waals surface area contributed by atoms with Crippen LogP contribution in [0.1, 0.15) is 0 Å². The molecule has 3 aromatic heterocycles. The van der Waals surface area contributed by atoms with Gasteiger partial charge in [0.05, 0.1) is 22.5 Å². The number of pyridine rings is 1. The summed E-state index contributed by atoms with van der Waals surface area (Å²) in [5.74, 6) is 0.457. The number of benzene rings is 1. The molecule has 0 spiro atoms. The number of fused-ring (bicyclic) bond motifs is 1. The first-order chi connectivity index (χ1) is 12.4. The summed E-state index contributed by atoms with van der Waals surface area (Å²) in [5.41, 5.74) is 3.14. The molecule has 0 bridgehead atoms. The summed E-state index contributed by atoms with van der Waals surface area (Å²) in [5, 5.41) is 11.7. The summed E-state index contributed by atoms with van der Waals surface area (Å²) in [6.07, 6.45) is 4.71. The first-order valence-corrected chi connectivity index (χ1v) is 9.71. The molecule has 0 aliphatic rings. The Morgan fingerprint density at radius 2 is 1.85 bits per heavy atom. The van der Waals surface area contributed by atoms with Crippen LogP contribution < -0.4 is 5.32 Å². The molecule has 0 radical (unpaired) electrons. The van der Waals surface area contributed by atoms with Crippen LogP contribution in [-0.4, -0.2) is 39.1 Å². The van der Waals surface area contributed by atoms with Crippen molar-refractivity contribution in [1.82, 2.24) is 24.4 Å². The fraction of sp³-hybridized carbons (Fsp3) is 0.118. The van der Waals surface area contributed by atoms with Crippen molar-refractivity contribution < 1.29 is 8.42 Å². The molecule has 0 unspecified atom stereocenters. The lowest BCUT2D eigenvalue weighted by atomic mass is 10.1. The van der Waals surface area contributed by atoms with E-state index in [2.05, 4.69) is 20.5 Å². The second kappa shape index (κ2) is 5.95. The minimum Gasteiger partial charge on any atom is -0.320 e. The van der Waals surface area contributed by atoms with Gasteiger partial charge in [-0.1, -0.05) is 18.2 Å². The zero-order valence-corrected chi connectivity index (χ0v) is 15.0. The van der Waals surface area contributed by atoms with Crippen LogP contribution >= 0.6 is 0 Å². The van der Waals surface area contributed by atoms with Gasteiger partial charge in [-0.05, 0) is 24.3 Å². The van der Waals surface area contributed by atoms with Crippen LogP contribution in [-0.2, 0) is 16.9 Å². The predicted molar refractivity (Wildman–Crippen MR) is 98.0 cm³/mol. The lowest BCUT2D eigenvalue weighted by Gasteiger charge is -2.05. The highest BCUT2D eigenvalue weighted by Gasteiger charge is 2.11. The minimum atomic E-state index is -3.23. The van der Waals surface area contributed by atoms with Gasteiger partial charge in [-0.25, -0.2) is 12.9 Å². The smallest absolute Gasteiger partial charge is 0.247 e. The summed E-state index contributed by atoms with van der Waals surface area (Å²) in [7, 11) is -1.39. The van der Waals surface area contributed by atoms with E-state index in [1.54, 1.807) is 39.7 Å². The maximum Gasteiger partial charge on any atom is 0.247 e. The van der Waals surface area contributed by atoms with E-state index < -0.39 is 9.84 Å². The lowest BCUT2D eigenvalue weighted by Crippen LogP contribution is -1.98. The number of nitrogens with one attached hydrogen (secondary N) is 1. The van der Waals surface area contributed by atoms with Gasteiger partial charge in [-0.3, -0.25) is 4.68 Å². The van der Waals surface area contributed by atoms with Gasteiger partial charge in [-0.2, -0.15) is 10.1 Å². The Balaban J connectivity index is 1.73. The van der Waals surface area contributed by atoms with Crippen LogP contribution in [0.3, 0.4) is 0 Å². The summed E-state index contributed by atoms with van der Waals surface area (Å²) in [4.78, 5) is 4.75.